The van der Waals surface area contributed by atoms with E-state index in [0.717, 1.165) is 0 Å². The van der Waals surface area contributed by atoms with Crippen LogP contribution in [0.3, 0.4) is 0 Å². The van der Waals surface area contributed by atoms with E-state index in [4.69, 9.17) is 10.2 Å². The van der Waals surface area contributed by atoms with Gasteiger partial charge in [-0.3, -0.25) is 9.69 Å². The van der Waals surface area contributed by atoms with E-state index in [2.05, 4.69) is 0 Å². The van der Waals surface area contributed by atoms with E-state index in [1.54, 1.807) is 14.1 Å². The molecule has 0 rings (SSSR count). The van der Waals surface area contributed by atoms with Crippen molar-refractivity contribution in [2.24, 2.45) is 0 Å². The smallest absolute Gasteiger partial charge is 0.323 e. The lowest BCUT2D eigenvalue weighted by molar-refractivity contribution is -0.145. The summed E-state index contributed by atoms with van der Waals surface area (Å²) in [5.74, 6) is -1.00. The molecule has 0 aliphatic heterocycles. The number of hydrogen-bond donors (Lipinski definition) is 2. The molecule has 0 unspecified atom stereocenters. The third-order valence-electron chi connectivity index (χ3n) is 1.27. The maximum absolute atomic E-state index is 10.4. The molecule has 4 heteroatoms. The molecule has 10 heavy (non-hydrogen) atoms. The Balaban J connectivity index is 4.12. The van der Waals surface area contributed by atoms with E-state index >= 15 is 0 Å². The predicted molar refractivity (Wildman–Crippen MR) is 36.8 cm³/mol. The summed E-state index contributed by atoms with van der Waals surface area (Å²) in [5, 5.41) is 17.4. The molecule has 0 heterocycles. The van der Waals surface area contributed by atoms with Crippen LogP contribution in [0.4, 0.5) is 0 Å². The molecule has 0 aliphatic rings. The van der Waals surface area contributed by atoms with Gasteiger partial charge in [0.25, 0.3) is 0 Å². The molecular formula is C6H13NO3. The van der Waals surface area contributed by atoms with Crippen molar-refractivity contribution in [1.82, 2.24) is 4.90 Å². The van der Waals surface area contributed by atoms with Crippen LogP contribution in [0.5, 0.6) is 0 Å². The first-order chi connectivity index (χ1) is 4.46. The Hall–Kier alpha value is -0.610. The third kappa shape index (κ3) is 2.33. The normalized spacial score (nSPS) is 16.9. The number of carbonyl (C=O) groups is 1. The highest BCUT2D eigenvalue weighted by Gasteiger charge is 2.24. The third-order valence-corrected chi connectivity index (χ3v) is 1.27. The summed E-state index contributed by atoms with van der Waals surface area (Å²) in [6.45, 7) is 1.46. The van der Waals surface area contributed by atoms with E-state index in [0.29, 0.717) is 0 Å². The number of carboxylic acids is 1. The Bertz CT molecular complexity index is 114. The molecule has 4 nitrogen and oxygen atoms in total. The minimum atomic E-state index is -1.00. The molecule has 0 aromatic rings. The van der Waals surface area contributed by atoms with E-state index in [1.807, 2.05) is 0 Å². The van der Waals surface area contributed by atoms with Crippen LogP contribution in [0, 0.1) is 0 Å². The molecule has 2 N–H and O–H groups in total. The standard InChI is InChI=1S/C6H13NO3/c1-4(8)5(6(9)10)7(2)3/h4-5,8H,1-3H3,(H,9,10)/t4-,5+/m0/s1. The van der Waals surface area contributed by atoms with Gasteiger partial charge < -0.3 is 10.2 Å². The van der Waals surface area contributed by atoms with Gasteiger partial charge >= 0.3 is 5.97 Å². The summed E-state index contributed by atoms with van der Waals surface area (Å²) < 4.78 is 0. The Labute approximate surface area is 60.1 Å². The SMILES string of the molecule is C[C@H](O)[C@H](C(=O)O)N(C)C. The molecule has 0 radical (unpaired) electrons. The van der Waals surface area contributed by atoms with E-state index in [1.165, 1.54) is 11.8 Å². The number of aliphatic hydroxyl groups is 1. The highest BCUT2D eigenvalue weighted by molar-refractivity contribution is 5.74. The Morgan fingerprint density at radius 1 is 1.50 bits per heavy atom. The van der Waals surface area contributed by atoms with Crippen LogP contribution in [-0.4, -0.2) is 47.3 Å². The number of rotatable bonds is 3. The summed E-state index contributed by atoms with van der Waals surface area (Å²) in [6, 6.07) is -0.806. The summed E-state index contributed by atoms with van der Waals surface area (Å²) in [7, 11) is 3.23. The fourth-order valence-electron chi connectivity index (χ4n) is 0.859. The molecule has 0 spiro atoms. The highest BCUT2D eigenvalue weighted by atomic mass is 16.4. The van der Waals surface area contributed by atoms with Crippen LogP contribution in [0.1, 0.15) is 6.92 Å². The summed E-state index contributed by atoms with van der Waals surface area (Å²) in [5.41, 5.74) is 0. The van der Waals surface area contributed by atoms with E-state index in [9.17, 15) is 4.79 Å². The molecular weight excluding hydrogens is 134 g/mol. The number of nitrogens with zero attached hydrogens (tertiary/aromatic N) is 1. The van der Waals surface area contributed by atoms with Gasteiger partial charge in [0.2, 0.25) is 0 Å². The zero-order chi connectivity index (χ0) is 8.31. The van der Waals surface area contributed by atoms with Gasteiger partial charge in [-0.2, -0.15) is 0 Å². The molecule has 0 amide bonds. The Kier molecular flexibility index (Phi) is 3.32. The number of hydrogen-bond acceptors (Lipinski definition) is 3. The fourth-order valence-corrected chi connectivity index (χ4v) is 0.859. The minimum Gasteiger partial charge on any atom is -0.480 e. The van der Waals surface area contributed by atoms with Gasteiger partial charge in [-0.05, 0) is 21.0 Å². The van der Waals surface area contributed by atoms with Crippen molar-refractivity contribution < 1.29 is 15.0 Å². The van der Waals surface area contributed by atoms with Crippen molar-refractivity contribution >= 4 is 5.97 Å². The summed E-state index contributed by atoms with van der Waals surface area (Å²) >= 11 is 0. The zero-order valence-corrected chi connectivity index (χ0v) is 6.40. The van der Waals surface area contributed by atoms with Crippen molar-refractivity contribution in [2.75, 3.05) is 14.1 Å². The fraction of sp³-hybridized carbons (Fsp3) is 0.833. The van der Waals surface area contributed by atoms with Crippen LogP contribution >= 0.6 is 0 Å². The first-order valence-electron chi connectivity index (χ1n) is 3.04. The molecule has 2 atom stereocenters. The summed E-state index contributed by atoms with van der Waals surface area (Å²) in [6.07, 6.45) is -0.840. The maximum Gasteiger partial charge on any atom is 0.323 e. The van der Waals surface area contributed by atoms with Crippen LogP contribution in [0.15, 0.2) is 0 Å². The average Bonchev–Trinajstić information content (AvgIpc) is 1.59. The van der Waals surface area contributed by atoms with Crippen molar-refractivity contribution in [3.8, 4) is 0 Å². The van der Waals surface area contributed by atoms with E-state index < -0.39 is 18.1 Å². The van der Waals surface area contributed by atoms with Crippen LogP contribution < -0.4 is 0 Å². The minimum absolute atomic E-state index is 0.806. The second-order valence-corrected chi connectivity index (χ2v) is 2.49. The zero-order valence-electron chi connectivity index (χ0n) is 6.40. The first-order valence-corrected chi connectivity index (χ1v) is 3.04. The van der Waals surface area contributed by atoms with Gasteiger partial charge in [-0.25, -0.2) is 0 Å². The molecule has 0 aliphatic carbocycles. The Morgan fingerprint density at radius 2 is 1.90 bits per heavy atom. The topological polar surface area (TPSA) is 60.8 Å². The number of carboxylic acid groups (broad SMARTS) is 1. The maximum atomic E-state index is 10.4. The molecule has 0 aromatic heterocycles. The van der Waals surface area contributed by atoms with Gasteiger partial charge in [0.05, 0.1) is 6.10 Å². The molecule has 0 bridgehead atoms. The lowest BCUT2D eigenvalue weighted by atomic mass is 10.2. The number of aliphatic hydroxyl groups excluding tert-OH is 1. The van der Waals surface area contributed by atoms with E-state index in [-0.39, 0.29) is 0 Å². The van der Waals surface area contributed by atoms with Gasteiger partial charge in [-0.1, -0.05) is 0 Å². The van der Waals surface area contributed by atoms with Crippen molar-refractivity contribution in [2.45, 2.75) is 19.1 Å². The van der Waals surface area contributed by atoms with Crippen LogP contribution in [0.2, 0.25) is 0 Å². The molecule has 0 saturated heterocycles. The van der Waals surface area contributed by atoms with Crippen LogP contribution in [0.25, 0.3) is 0 Å². The van der Waals surface area contributed by atoms with Crippen LogP contribution in [-0.2, 0) is 4.79 Å². The van der Waals surface area contributed by atoms with Gasteiger partial charge in [-0.15, -0.1) is 0 Å². The lowest BCUT2D eigenvalue weighted by Crippen LogP contribution is -2.43. The number of likely N-dealkylation sites (N-methyl/N-ethyl adjacent to an activating group) is 1. The first kappa shape index (κ1) is 9.39. The van der Waals surface area contributed by atoms with Gasteiger partial charge in [0.1, 0.15) is 6.04 Å². The predicted octanol–water partition coefficient (Wildman–Crippen LogP) is -0.618. The van der Waals surface area contributed by atoms with Crippen molar-refractivity contribution in [3.05, 3.63) is 0 Å². The molecule has 0 fully saturated rings. The monoisotopic (exact) mass is 147 g/mol. The quantitative estimate of drug-likeness (QED) is 0.558. The lowest BCUT2D eigenvalue weighted by Gasteiger charge is -2.21. The molecule has 0 saturated carbocycles. The summed E-state index contributed by atoms with van der Waals surface area (Å²) in [4.78, 5) is 11.8. The van der Waals surface area contributed by atoms with Crippen molar-refractivity contribution in [3.63, 3.8) is 0 Å². The second kappa shape index (κ2) is 3.53. The largest absolute Gasteiger partial charge is 0.480 e. The Morgan fingerprint density at radius 3 is 1.90 bits per heavy atom. The number of aliphatic carboxylic acids is 1. The molecule has 60 valence electrons. The average molecular weight is 147 g/mol. The van der Waals surface area contributed by atoms with Gasteiger partial charge in [0.15, 0.2) is 0 Å². The van der Waals surface area contributed by atoms with Crippen molar-refractivity contribution in [1.29, 1.82) is 0 Å². The molecule has 0 aromatic carbocycles. The second-order valence-electron chi connectivity index (χ2n) is 2.49. The van der Waals surface area contributed by atoms with Gasteiger partial charge in [0, 0.05) is 0 Å². The highest BCUT2D eigenvalue weighted by Crippen LogP contribution is 1.99.